The van der Waals surface area contributed by atoms with Gasteiger partial charge in [0.1, 0.15) is 10.9 Å². The van der Waals surface area contributed by atoms with Gasteiger partial charge in [0, 0.05) is 5.25 Å². The molecule has 4 nitrogen and oxygen atoms in total. The van der Waals surface area contributed by atoms with Crippen molar-refractivity contribution in [2.24, 2.45) is 5.92 Å². The number of nitrogens with zero attached hydrogens (tertiary/aromatic N) is 1. The lowest BCUT2D eigenvalue weighted by Gasteiger charge is -2.31. The van der Waals surface area contributed by atoms with E-state index < -0.39 is 22.7 Å². The molecule has 1 aliphatic rings. The summed E-state index contributed by atoms with van der Waals surface area (Å²) in [5, 5.41) is 20.1. The second-order valence-electron chi connectivity index (χ2n) is 5.67. The Bertz CT molecular complexity index is 759. The van der Waals surface area contributed by atoms with Crippen LogP contribution >= 0.6 is 11.8 Å². The summed E-state index contributed by atoms with van der Waals surface area (Å²) in [6.45, 7) is 0. The predicted octanol–water partition coefficient (Wildman–Crippen LogP) is 3.04. The normalized spacial score (nSPS) is 29.0. The zero-order chi connectivity index (χ0) is 17.2. The topological polar surface area (TPSA) is 70.3 Å². The molecule has 0 amide bonds. The summed E-state index contributed by atoms with van der Waals surface area (Å²) >= 11 is 1.28. The highest BCUT2D eigenvalue weighted by Crippen LogP contribution is 2.58. The van der Waals surface area contributed by atoms with Crippen LogP contribution in [0.1, 0.15) is 16.4 Å². The number of hydrogen-bond donors (Lipinski definition) is 1. The van der Waals surface area contributed by atoms with Crippen LogP contribution in [0.3, 0.4) is 0 Å². The monoisotopic (exact) mass is 339 g/mol. The molecule has 24 heavy (non-hydrogen) atoms. The second-order valence-corrected chi connectivity index (χ2v) is 6.92. The molecule has 4 unspecified atom stereocenters. The van der Waals surface area contributed by atoms with Crippen LogP contribution in [0.5, 0.6) is 0 Å². The van der Waals surface area contributed by atoms with Crippen molar-refractivity contribution in [2.75, 3.05) is 7.11 Å². The van der Waals surface area contributed by atoms with E-state index in [1.54, 1.807) is 24.3 Å². The van der Waals surface area contributed by atoms with Crippen molar-refractivity contribution in [3.63, 3.8) is 0 Å². The molecule has 0 aliphatic carbocycles. The summed E-state index contributed by atoms with van der Waals surface area (Å²) in [6.07, 6.45) is 0. The molecule has 1 aliphatic heterocycles. The van der Waals surface area contributed by atoms with E-state index in [0.717, 1.165) is 5.56 Å². The summed E-state index contributed by atoms with van der Waals surface area (Å²) in [6, 6.07) is 20.6. The van der Waals surface area contributed by atoms with E-state index in [2.05, 4.69) is 6.07 Å². The fourth-order valence-electron chi connectivity index (χ4n) is 3.18. The van der Waals surface area contributed by atoms with Gasteiger partial charge < -0.3 is 9.84 Å². The van der Waals surface area contributed by atoms with Crippen LogP contribution in [-0.4, -0.2) is 23.4 Å². The minimum atomic E-state index is -1.60. The van der Waals surface area contributed by atoms with Crippen LogP contribution in [0.2, 0.25) is 0 Å². The molecule has 1 saturated heterocycles. The molecule has 0 saturated carbocycles. The molecule has 4 atom stereocenters. The number of ether oxygens (including phenoxy) is 1. The van der Waals surface area contributed by atoms with Crippen LogP contribution < -0.4 is 0 Å². The molecule has 2 aromatic rings. The van der Waals surface area contributed by atoms with Gasteiger partial charge in [0.15, 0.2) is 0 Å². The number of carbonyl (C=O) groups excluding carboxylic acids is 1. The quantitative estimate of drug-likeness (QED) is 0.871. The minimum Gasteiger partial charge on any atom is -0.468 e. The zero-order valence-corrected chi connectivity index (χ0v) is 13.9. The van der Waals surface area contributed by atoms with Crippen molar-refractivity contribution >= 4 is 17.7 Å². The van der Waals surface area contributed by atoms with Crippen molar-refractivity contribution in [1.29, 1.82) is 5.26 Å². The first-order chi connectivity index (χ1) is 11.6. The number of thioether (sulfide) groups is 1. The van der Waals surface area contributed by atoms with Gasteiger partial charge in [-0.1, -0.05) is 60.7 Å². The zero-order valence-electron chi connectivity index (χ0n) is 13.1. The fourth-order valence-corrected chi connectivity index (χ4v) is 4.91. The molecule has 1 N–H and O–H groups in total. The summed E-state index contributed by atoms with van der Waals surface area (Å²) in [5.41, 5.74) is -0.137. The van der Waals surface area contributed by atoms with Crippen molar-refractivity contribution in [3.05, 3.63) is 71.8 Å². The summed E-state index contributed by atoms with van der Waals surface area (Å²) < 4.78 is 4.90. The highest BCUT2D eigenvalue weighted by atomic mass is 32.2. The van der Waals surface area contributed by atoms with Crippen LogP contribution in [0, 0.1) is 17.2 Å². The average Bonchev–Trinajstić information content (AvgIpc) is 2.96. The van der Waals surface area contributed by atoms with E-state index in [1.165, 1.54) is 18.9 Å². The lowest BCUT2D eigenvalue weighted by molar-refractivity contribution is -0.146. The van der Waals surface area contributed by atoms with Crippen molar-refractivity contribution in [1.82, 2.24) is 0 Å². The van der Waals surface area contributed by atoms with Crippen LogP contribution in [0.25, 0.3) is 0 Å². The number of nitriles is 1. The Morgan fingerprint density at radius 3 is 2.29 bits per heavy atom. The maximum Gasteiger partial charge on any atom is 0.322 e. The first kappa shape index (κ1) is 16.6. The second kappa shape index (κ2) is 6.68. The first-order valence-electron chi connectivity index (χ1n) is 7.58. The minimum absolute atomic E-state index is 0.314. The molecule has 0 spiro atoms. The number of benzene rings is 2. The van der Waals surface area contributed by atoms with Crippen molar-refractivity contribution in [2.45, 2.75) is 16.1 Å². The number of aliphatic hydroxyl groups is 1. The summed E-state index contributed by atoms with van der Waals surface area (Å²) in [4.78, 5) is 12.3. The Kier molecular flexibility index (Phi) is 4.61. The Morgan fingerprint density at radius 1 is 1.17 bits per heavy atom. The third-order valence-corrected chi connectivity index (χ3v) is 6.04. The molecule has 0 radical (unpaired) electrons. The highest BCUT2D eigenvalue weighted by molar-refractivity contribution is 8.01. The largest absolute Gasteiger partial charge is 0.468 e. The van der Waals surface area contributed by atoms with Crippen molar-refractivity contribution < 1.29 is 14.6 Å². The molecule has 2 aromatic carbocycles. The molecule has 122 valence electrons. The summed E-state index contributed by atoms with van der Waals surface area (Å²) in [7, 11) is 1.30. The Balaban J connectivity index is 2.13. The van der Waals surface area contributed by atoms with Crippen molar-refractivity contribution in [3.8, 4) is 6.07 Å². The standard InChI is InChI=1S/C19H17NO3S/c1-23-18(21)17-19(22,14-10-6-3-7-11-14)15(12-20)16(24-17)13-8-4-2-5-9-13/h2-11,15-17,22H,1H3. The third kappa shape index (κ3) is 2.58. The number of methoxy groups -OCH3 is 1. The van der Waals surface area contributed by atoms with Crippen LogP contribution in [0.4, 0.5) is 0 Å². The number of hydrogen-bond acceptors (Lipinski definition) is 5. The maximum absolute atomic E-state index is 12.3. The van der Waals surface area contributed by atoms with Gasteiger partial charge in [0.25, 0.3) is 0 Å². The van der Waals surface area contributed by atoms with E-state index in [-0.39, 0.29) is 5.25 Å². The average molecular weight is 339 g/mol. The van der Waals surface area contributed by atoms with E-state index in [1.807, 2.05) is 36.4 Å². The smallest absolute Gasteiger partial charge is 0.322 e. The van der Waals surface area contributed by atoms with Gasteiger partial charge in [-0.2, -0.15) is 5.26 Å². The molecular weight excluding hydrogens is 322 g/mol. The van der Waals surface area contributed by atoms with Crippen LogP contribution in [-0.2, 0) is 15.1 Å². The summed E-state index contributed by atoms with van der Waals surface area (Å²) in [5.74, 6) is -1.29. The number of esters is 1. The maximum atomic E-state index is 12.3. The van der Waals surface area contributed by atoms with Gasteiger partial charge in [-0.3, -0.25) is 4.79 Å². The van der Waals surface area contributed by atoms with E-state index in [9.17, 15) is 15.2 Å². The van der Waals surface area contributed by atoms with Gasteiger partial charge in [-0.05, 0) is 11.1 Å². The lowest BCUT2D eigenvalue weighted by Crippen LogP contribution is -2.44. The highest BCUT2D eigenvalue weighted by Gasteiger charge is 2.60. The Morgan fingerprint density at radius 2 is 1.75 bits per heavy atom. The third-order valence-electron chi connectivity index (χ3n) is 4.38. The number of carbonyl (C=O) groups is 1. The molecule has 1 heterocycles. The Hall–Kier alpha value is -2.29. The van der Waals surface area contributed by atoms with Gasteiger partial charge in [-0.25, -0.2) is 0 Å². The van der Waals surface area contributed by atoms with Crippen LogP contribution in [0.15, 0.2) is 60.7 Å². The molecular formula is C19H17NO3S. The van der Waals surface area contributed by atoms with Gasteiger partial charge >= 0.3 is 5.97 Å². The molecule has 5 heteroatoms. The Labute approximate surface area is 145 Å². The fraction of sp³-hybridized carbons (Fsp3) is 0.263. The van der Waals surface area contributed by atoms with Gasteiger partial charge in [0.2, 0.25) is 0 Å². The van der Waals surface area contributed by atoms with Gasteiger partial charge in [-0.15, -0.1) is 11.8 Å². The molecule has 0 aromatic heterocycles. The van der Waals surface area contributed by atoms with E-state index in [0.29, 0.717) is 5.56 Å². The van der Waals surface area contributed by atoms with E-state index in [4.69, 9.17) is 4.74 Å². The first-order valence-corrected chi connectivity index (χ1v) is 8.53. The lowest BCUT2D eigenvalue weighted by atomic mass is 9.76. The van der Waals surface area contributed by atoms with E-state index >= 15 is 0 Å². The van der Waals surface area contributed by atoms with Gasteiger partial charge in [0.05, 0.1) is 19.1 Å². The SMILES string of the molecule is COC(=O)C1SC(c2ccccc2)C(C#N)C1(O)c1ccccc1. The molecule has 1 fully saturated rings. The predicted molar refractivity (Wildman–Crippen MR) is 92.0 cm³/mol. The molecule has 0 bridgehead atoms. The number of rotatable bonds is 3. The molecule has 3 rings (SSSR count).